The summed E-state index contributed by atoms with van der Waals surface area (Å²) in [6.45, 7) is 0.468. The largest absolute Gasteiger partial charge is 0.368 e. The number of aromatic nitrogens is 3. The lowest BCUT2D eigenvalue weighted by Crippen LogP contribution is -2.27. The van der Waals surface area contributed by atoms with Crippen molar-refractivity contribution in [2.75, 3.05) is 23.3 Å². The number of carbonyl (C=O) groups is 1. The van der Waals surface area contributed by atoms with Crippen LogP contribution in [0.25, 0.3) is 0 Å². The van der Waals surface area contributed by atoms with E-state index in [-0.39, 0.29) is 35.2 Å². The number of hydrogen-bond acceptors (Lipinski definition) is 7. The molecule has 0 aliphatic heterocycles. The first kappa shape index (κ1) is 21.4. The Morgan fingerprint density at radius 3 is 2.33 bits per heavy atom. The van der Waals surface area contributed by atoms with Crippen LogP contribution in [0.3, 0.4) is 0 Å². The molecule has 0 spiro atoms. The number of thioether (sulfide) groups is 1. The molecule has 2 aromatic carbocycles. The second kappa shape index (κ2) is 10.5. The van der Waals surface area contributed by atoms with E-state index in [2.05, 4.69) is 25.6 Å². The zero-order chi connectivity index (χ0) is 21.3. The number of nitrogens with one attached hydrogen (secondary N) is 2. The summed E-state index contributed by atoms with van der Waals surface area (Å²) in [7, 11) is 0. The highest BCUT2D eigenvalue weighted by molar-refractivity contribution is 7.99. The Labute approximate surface area is 176 Å². The predicted octanol–water partition coefficient (Wildman–Crippen LogP) is 3.07. The van der Waals surface area contributed by atoms with E-state index in [1.807, 2.05) is 0 Å². The monoisotopic (exact) mass is 430 g/mol. The van der Waals surface area contributed by atoms with Gasteiger partial charge in [-0.05, 0) is 48.4 Å². The number of nitrogens with two attached hydrogens (primary N) is 1. The highest BCUT2D eigenvalue weighted by Gasteiger charge is 2.08. The molecule has 30 heavy (non-hydrogen) atoms. The van der Waals surface area contributed by atoms with Gasteiger partial charge in [0.25, 0.3) is 0 Å². The van der Waals surface area contributed by atoms with Crippen LogP contribution in [0.1, 0.15) is 11.4 Å². The van der Waals surface area contributed by atoms with Crippen molar-refractivity contribution in [3.05, 3.63) is 71.6 Å². The van der Waals surface area contributed by atoms with Crippen molar-refractivity contribution in [1.29, 1.82) is 0 Å². The molecule has 0 aliphatic rings. The van der Waals surface area contributed by atoms with Gasteiger partial charge in [-0.3, -0.25) is 4.79 Å². The summed E-state index contributed by atoms with van der Waals surface area (Å²) in [6.07, 6.45) is 0.624. The van der Waals surface area contributed by atoms with Crippen molar-refractivity contribution >= 4 is 35.3 Å². The molecule has 0 bridgehead atoms. The van der Waals surface area contributed by atoms with Crippen molar-refractivity contribution in [3.8, 4) is 0 Å². The average molecular weight is 430 g/mol. The predicted molar refractivity (Wildman–Crippen MR) is 113 cm³/mol. The molecular formula is C20H20F2N6OS. The standard InChI is InChI=1S/C20H20F2N6OS/c21-14-3-1-13(2-4-14)9-10-24-18(29)12-30-11-17-26-19(23)28-20(27-17)25-16-7-5-15(22)6-8-16/h1-8H,9-12H2,(H,24,29)(H3,23,25,26,27,28). The normalized spacial score (nSPS) is 10.6. The number of rotatable bonds is 9. The summed E-state index contributed by atoms with van der Waals surface area (Å²) in [5.74, 6) is 0.580. The van der Waals surface area contributed by atoms with E-state index < -0.39 is 0 Å². The highest BCUT2D eigenvalue weighted by atomic mass is 32.2. The second-order valence-corrected chi connectivity index (χ2v) is 7.27. The Morgan fingerprint density at radius 1 is 0.967 bits per heavy atom. The molecule has 0 saturated carbocycles. The molecule has 0 fully saturated rings. The zero-order valence-electron chi connectivity index (χ0n) is 15.9. The van der Waals surface area contributed by atoms with E-state index in [0.717, 1.165) is 5.56 Å². The van der Waals surface area contributed by atoms with Crippen LogP contribution in [-0.4, -0.2) is 33.2 Å². The first-order valence-corrected chi connectivity index (χ1v) is 10.3. The lowest BCUT2D eigenvalue weighted by atomic mass is 10.1. The average Bonchev–Trinajstić information content (AvgIpc) is 2.71. The van der Waals surface area contributed by atoms with Gasteiger partial charge in [-0.25, -0.2) is 8.78 Å². The molecule has 0 aliphatic carbocycles. The molecular weight excluding hydrogens is 410 g/mol. The Balaban J connectivity index is 1.43. The number of nitrogens with zero attached hydrogens (tertiary/aromatic N) is 3. The van der Waals surface area contributed by atoms with Gasteiger partial charge in [-0.2, -0.15) is 15.0 Å². The summed E-state index contributed by atoms with van der Waals surface area (Å²) in [6, 6.07) is 11.9. The number of benzene rings is 2. The molecule has 156 valence electrons. The molecule has 7 nitrogen and oxygen atoms in total. The number of nitrogen functional groups attached to an aromatic ring is 1. The SMILES string of the molecule is Nc1nc(CSCC(=O)NCCc2ccc(F)cc2)nc(Nc2ccc(F)cc2)n1. The molecule has 0 saturated heterocycles. The van der Waals surface area contributed by atoms with Crippen molar-refractivity contribution in [1.82, 2.24) is 20.3 Å². The molecule has 0 radical (unpaired) electrons. The minimum absolute atomic E-state index is 0.0500. The van der Waals surface area contributed by atoms with E-state index in [9.17, 15) is 13.6 Å². The Hall–Kier alpha value is -3.27. The van der Waals surface area contributed by atoms with Crippen molar-refractivity contribution in [3.63, 3.8) is 0 Å². The molecule has 1 aromatic heterocycles. The van der Waals surface area contributed by atoms with E-state index in [0.29, 0.717) is 30.2 Å². The van der Waals surface area contributed by atoms with Gasteiger partial charge in [-0.15, -0.1) is 11.8 Å². The zero-order valence-corrected chi connectivity index (χ0v) is 16.8. The molecule has 1 amide bonds. The molecule has 10 heteroatoms. The van der Waals surface area contributed by atoms with E-state index in [1.165, 1.54) is 36.0 Å². The molecule has 0 unspecified atom stereocenters. The third-order valence-electron chi connectivity index (χ3n) is 3.91. The van der Waals surface area contributed by atoms with Gasteiger partial charge in [0.1, 0.15) is 17.5 Å². The van der Waals surface area contributed by atoms with Crippen LogP contribution in [0.15, 0.2) is 48.5 Å². The first-order chi connectivity index (χ1) is 14.5. The molecule has 3 rings (SSSR count). The van der Waals surface area contributed by atoms with Gasteiger partial charge in [0.05, 0.1) is 11.5 Å². The molecule has 4 N–H and O–H groups in total. The summed E-state index contributed by atoms with van der Waals surface area (Å²) < 4.78 is 25.9. The van der Waals surface area contributed by atoms with Crippen LogP contribution in [-0.2, 0) is 17.0 Å². The van der Waals surface area contributed by atoms with Crippen molar-refractivity contribution in [2.24, 2.45) is 0 Å². The summed E-state index contributed by atoms with van der Waals surface area (Å²) in [4.78, 5) is 24.3. The maximum absolute atomic E-state index is 13.0. The smallest absolute Gasteiger partial charge is 0.232 e. The first-order valence-electron chi connectivity index (χ1n) is 9.10. The number of anilines is 3. The minimum atomic E-state index is -0.344. The number of amides is 1. The van der Waals surface area contributed by atoms with Gasteiger partial charge < -0.3 is 16.4 Å². The van der Waals surface area contributed by atoms with E-state index in [4.69, 9.17) is 5.73 Å². The van der Waals surface area contributed by atoms with Crippen LogP contribution in [0.2, 0.25) is 0 Å². The highest BCUT2D eigenvalue weighted by Crippen LogP contribution is 2.16. The number of halogens is 2. The van der Waals surface area contributed by atoms with Gasteiger partial charge in [0, 0.05) is 12.2 Å². The van der Waals surface area contributed by atoms with Crippen LogP contribution in [0.5, 0.6) is 0 Å². The van der Waals surface area contributed by atoms with Gasteiger partial charge >= 0.3 is 0 Å². The van der Waals surface area contributed by atoms with Crippen molar-refractivity contribution in [2.45, 2.75) is 12.2 Å². The topological polar surface area (TPSA) is 106 Å². The van der Waals surface area contributed by atoms with E-state index in [1.54, 1.807) is 24.3 Å². The maximum atomic E-state index is 13.0. The molecule has 3 aromatic rings. The minimum Gasteiger partial charge on any atom is -0.368 e. The van der Waals surface area contributed by atoms with Crippen LogP contribution in [0.4, 0.5) is 26.4 Å². The van der Waals surface area contributed by atoms with Gasteiger partial charge in [0.15, 0.2) is 0 Å². The van der Waals surface area contributed by atoms with Gasteiger partial charge in [0.2, 0.25) is 17.8 Å². The summed E-state index contributed by atoms with van der Waals surface area (Å²) >= 11 is 1.34. The summed E-state index contributed by atoms with van der Waals surface area (Å²) in [5, 5.41) is 5.76. The third-order valence-corrected chi connectivity index (χ3v) is 4.84. The summed E-state index contributed by atoms with van der Waals surface area (Å²) in [5.41, 5.74) is 7.29. The fourth-order valence-electron chi connectivity index (χ4n) is 2.50. The Bertz CT molecular complexity index is 986. The van der Waals surface area contributed by atoms with Crippen LogP contribution < -0.4 is 16.4 Å². The van der Waals surface area contributed by atoms with Gasteiger partial charge in [-0.1, -0.05) is 12.1 Å². The molecule has 1 heterocycles. The lowest BCUT2D eigenvalue weighted by molar-refractivity contribution is -0.118. The lowest BCUT2D eigenvalue weighted by Gasteiger charge is -2.08. The third kappa shape index (κ3) is 6.96. The number of hydrogen-bond donors (Lipinski definition) is 3. The van der Waals surface area contributed by atoms with Crippen LogP contribution >= 0.6 is 11.8 Å². The fraction of sp³-hybridized carbons (Fsp3) is 0.200. The number of carbonyl (C=O) groups excluding carboxylic acids is 1. The Kier molecular flexibility index (Phi) is 7.50. The maximum Gasteiger partial charge on any atom is 0.232 e. The van der Waals surface area contributed by atoms with Crippen LogP contribution in [0, 0.1) is 11.6 Å². The Morgan fingerprint density at radius 2 is 1.63 bits per heavy atom. The fourth-order valence-corrected chi connectivity index (χ4v) is 3.21. The second-order valence-electron chi connectivity index (χ2n) is 6.28. The van der Waals surface area contributed by atoms with Crippen molar-refractivity contribution < 1.29 is 13.6 Å². The van der Waals surface area contributed by atoms with E-state index >= 15 is 0 Å². The quantitative estimate of drug-likeness (QED) is 0.479. The molecule has 0 atom stereocenters.